The molecule has 12 N–H and O–H groups in total. The summed E-state index contributed by atoms with van der Waals surface area (Å²) in [6.45, 7) is 8.04. The number of aromatic amines is 1. The first kappa shape index (κ1) is 42.4. The Hall–Kier alpha value is -5.03. The number of H-pyrrole nitrogens is 1. The molecule has 0 saturated carbocycles. The minimum absolute atomic E-state index is 0.0179. The monoisotopic (exact) mass is 741 g/mol. The van der Waals surface area contributed by atoms with E-state index in [-0.39, 0.29) is 24.7 Å². The van der Waals surface area contributed by atoms with Crippen molar-refractivity contribution in [2.24, 2.45) is 23.3 Å². The van der Waals surface area contributed by atoms with E-state index in [0.717, 1.165) is 17.3 Å². The van der Waals surface area contributed by atoms with Gasteiger partial charge in [-0.05, 0) is 68.7 Å². The van der Waals surface area contributed by atoms with Crippen molar-refractivity contribution in [1.82, 2.24) is 36.9 Å². The number of primary amides is 1. The predicted octanol–water partition coefficient (Wildman–Crippen LogP) is -0.713. The fourth-order valence-electron chi connectivity index (χ4n) is 6.17. The summed E-state index contributed by atoms with van der Waals surface area (Å²) < 4.78 is 0. The lowest BCUT2D eigenvalue weighted by atomic mass is 9.98. The molecule has 1 aromatic heterocycles. The van der Waals surface area contributed by atoms with Crippen LogP contribution in [0.25, 0.3) is 10.9 Å². The second-order valence-corrected chi connectivity index (χ2v) is 14.1. The molecule has 1 aliphatic heterocycles. The van der Waals surface area contributed by atoms with E-state index in [1.165, 1.54) is 0 Å². The van der Waals surface area contributed by atoms with Gasteiger partial charge in [-0.2, -0.15) is 0 Å². The lowest BCUT2D eigenvalue weighted by Gasteiger charge is -2.29. The minimum Gasteiger partial charge on any atom is -0.480 e. The normalized spacial score (nSPS) is 17.0. The van der Waals surface area contributed by atoms with E-state index in [0.29, 0.717) is 37.9 Å². The third-order valence-electron chi connectivity index (χ3n) is 9.20. The number of aromatic nitrogens is 1. The van der Waals surface area contributed by atoms with Crippen LogP contribution < -0.4 is 43.4 Å². The maximum absolute atomic E-state index is 14.1. The first-order valence-corrected chi connectivity index (χ1v) is 18.1. The number of carbonyl (C=O) groups excluding carboxylic acids is 6. The van der Waals surface area contributed by atoms with Crippen molar-refractivity contribution in [3.63, 3.8) is 0 Å². The number of fused-ring (bicyclic) bond motifs is 1. The van der Waals surface area contributed by atoms with Crippen molar-refractivity contribution in [3.8, 4) is 0 Å². The van der Waals surface area contributed by atoms with Crippen LogP contribution in [0.3, 0.4) is 0 Å². The van der Waals surface area contributed by atoms with Crippen LogP contribution >= 0.6 is 0 Å². The van der Waals surface area contributed by atoms with Crippen LogP contribution in [-0.4, -0.2) is 101 Å². The van der Waals surface area contributed by atoms with Crippen LogP contribution in [0.2, 0.25) is 0 Å². The van der Waals surface area contributed by atoms with E-state index in [1.54, 1.807) is 33.9 Å². The van der Waals surface area contributed by atoms with Gasteiger partial charge in [-0.15, -0.1) is 0 Å². The Kier molecular flexibility index (Phi) is 16.2. The number of carboxylic acids is 1. The highest BCUT2D eigenvalue weighted by molar-refractivity contribution is 5.97. The molecule has 0 spiro atoms. The standard InChI is InChI=1S/C36H55N9O8/c1-19(2)29(45-35(51)30(20(3)4)44-31(47)24-13-9-15-39-24)34(50)42-26(16-21-18-40-23-11-6-5-10-22(21)23)33(49)41-25(12-7-8-14-37)32(48)43-27(36(52)53)17-28(38)46/h5-6,10-11,18-20,24-27,29-30,39-40H,7-9,12-17,37H2,1-4H3,(H2,38,46)(H,41,49)(H,42,50)(H,43,48)(H,44,47)(H,45,51)(H,52,53)/t24-,25-,26-,27-,29-,30-/m0/s1. The van der Waals surface area contributed by atoms with E-state index in [1.807, 2.05) is 24.3 Å². The van der Waals surface area contributed by atoms with Crippen molar-refractivity contribution in [2.45, 2.75) is 109 Å². The zero-order valence-electron chi connectivity index (χ0n) is 30.8. The molecule has 0 unspecified atom stereocenters. The lowest BCUT2D eigenvalue weighted by Crippen LogP contribution is -2.61. The van der Waals surface area contributed by atoms with Crippen LogP contribution in [0, 0.1) is 11.8 Å². The largest absolute Gasteiger partial charge is 0.480 e. The first-order chi connectivity index (χ1) is 25.1. The summed E-state index contributed by atoms with van der Waals surface area (Å²) in [6, 6.07) is 0.782. The predicted molar refractivity (Wildman–Crippen MR) is 197 cm³/mol. The van der Waals surface area contributed by atoms with Gasteiger partial charge in [-0.25, -0.2) is 4.79 Å². The number of amides is 6. The fraction of sp³-hybridized carbons (Fsp3) is 0.583. The van der Waals surface area contributed by atoms with Gasteiger partial charge in [0, 0.05) is 23.5 Å². The van der Waals surface area contributed by atoms with Gasteiger partial charge in [-0.3, -0.25) is 28.8 Å². The Morgan fingerprint density at radius 3 is 2.02 bits per heavy atom. The summed E-state index contributed by atoms with van der Waals surface area (Å²) >= 11 is 0. The average molecular weight is 742 g/mol. The third kappa shape index (κ3) is 12.6. The number of benzene rings is 1. The molecule has 6 atom stereocenters. The quantitative estimate of drug-likeness (QED) is 0.0718. The van der Waals surface area contributed by atoms with E-state index in [9.17, 15) is 38.7 Å². The van der Waals surface area contributed by atoms with Gasteiger partial charge >= 0.3 is 5.97 Å². The Labute approximate surface area is 308 Å². The van der Waals surface area contributed by atoms with Crippen LogP contribution in [0.1, 0.15) is 71.8 Å². The molecular formula is C36H55N9O8. The minimum atomic E-state index is -1.63. The van der Waals surface area contributed by atoms with E-state index < -0.39 is 84.1 Å². The maximum Gasteiger partial charge on any atom is 0.326 e. The smallest absolute Gasteiger partial charge is 0.326 e. The molecule has 0 radical (unpaired) electrons. The summed E-state index contributed by atoms with van der Waals surface area (Å²) in [5.74, 6) is -6.30. The molecule has 53 heavy (non-hydrogen) atoms. The number of aliphatic carboxylic acids is 1. The van der Waals surface area contributed by atoms with Crippen LogP contribution in [0.5, 0.6) is 0 Å². The summed E-state index contributed by atoms with van der Waals surface area (Å²) in [5.41, 5.74) is 12.3. The van der Waals surface area contributed by atoms with Crippen molar-refractivity contribution >= 4 is 52.3 Å². The molecular weight excluding hydrogens is 686 g/mol. The number of hydrogen-bond donors (Lipinski definition) is 10. The SMILES string of the molecule is CC(C)[C@H](NC(=O)[C@@H]1CCCN1)C(=O)N[C@H](C(=O)N[C@@H](Cc1c[nH]c2ccccc12)C(=O)N[C@@H](CCCCN)C(=O)N[C@@H](CC(N)=O)C(=O)O)C(C)C. The Bertz CT molecular complexity index is 1600. The molecule has 17 heteroatoms. The zero-order valence-corrected chi connectivity index (χ0v) is 30.8. The van der Waals surface area contributed by atoms with Crippen molar-refractivity contribution in [2.75, 3.05) is 13.1 Å². The average Bonchev–Trinajstić information content (AvgIpc) is 3.79. The molecule has 292 valence electrons. The van der Waals surface area contributed by atoms with Gasteiger partial charge in [0.15, 0.2) is 0 Å². The van der Waals surface area contributed by atoms with E-state index in [4.69, 9.17) is 11.5 Å². The molecule has 17 nitrogen and oxygen atoms in total. The molecule has 2 aromatic rings. The van der Waals surface area contributed by atoms with Gasteiger partial charge in [0.2, 0.25) is 35.4 Å². The molecule has 1 saturated heterocycles. The molecule has 0 aliphatic carbocycles. The molecule has 1 fully saturated rings. The molecule has 0 bridgehead atoms. The highest BCUT2D eigenvalue weighted by Gasteiger charge is 2.35. The second kappa shape index (κ2) is 20.3. The highest BCUT2D eigenvalue weighted by Crippen LogP contribution is 2.20. The number of carboxylic acid groups (broad SMARTS) is 1. The van der Waals surface area contributed by atoms with Crippen LogP contribution in [0.15, 0.2) is 30.5 Å². The number of carbonyl (C=O) groups is 7. The Morgan fingerprint density at radius 1 is 0.811 bits per heavy atom. The molecule has 6 amide bonds. The summed E-state index contributed by atoms with van der Waals surface area (Å²) in [7, 11) is 0. The van der Waals surface area contributed by atoms with Crippen LogP contribution in [0.4, 0.5) is 0 Å². The van der Waals surface area contributed by atoms with Gasteiger partial charge in [0.1, 0.15) is 30.2 Å². The maximum atomic E-state index is 14.1. The molecule has 3 rings (SSSR count). The lowest BCUT2D eigenvalue weighted by molar-refractivity contribution is -0.143. The number of nitrogens with one attached hydrogen (secondary N) is 7. The van der Waals surface area contributed by atoms with E-state index in [2.05, 4.69) is 36.9 Å². The number of para-hydroxylation sites is 1. The number of rotatable bonds is 21. The highest BCUT2D eigenvalue weighted by atomic mass is 16.4. The molecule has 1 aliphatic rings. The summed E-state index contributed by atoms with van der Waals surface area (Å²) in [4.78, 5) is 94.2. The molecule has 1 aromatic carbocycles. The van der Waals surface area contributed by atoms with Gasteiger partial charge in [-0.1, -0.05) is 45.9 Å². The number of unbranched alkanes of at least 4 members (excludes halogenated alkanes) is 1. The van der Waals surface area contributed by atoms with Crippen LogP contribution in [-0.2, 0) is 40.0 Å². The summed E-state index contributed by atoms with van der Waals surface area (Å²) in [5, 5.41) is 26.8. The van der Waals surface area contributed by atoms with Crippen molar-refractivity contribution < 1.29 is 38.7 Å². The fourth-order valence-corrected chi connectivity index (χ4v) is 6.17. The van der Waals surface area contributed by atoms with Gasteiger partial charge in [0.05, 0.1) is 12.5 Å². The zero-order chi connectivity index (χ0) is 39.2. The topological polar surface area (TPSA) is 280 Å². The molecule has 2 heterocycles. The van der Waals surface area contributed by atoms with E-state index >= 15 is 0 Å². The Morgan fingerprint density at radius 2 is 1.42 bits per heavy atom. The Balaban J connectivity index is 1.88. The second-order valence-electron chi connectivity index (χ2n) is 14.1. The van der Waals surface area contributed by atoms with Crippen molar-refractivity contribution in [3.05, 3.63) is 36.0 Å². The first-order valence-electron chi connectivity index (χ1n) is 18.1. The van der Waals surface area contributed by atoms with Gasteiger partial charge in [0.25, 0.3) is 0 Å². The third-order valence-corrected chi connectivity index (χ3v) is 9.20. The van der Waals surface area contributed by atoms with Crippen molar-refractivity contribution in [1.29, 1.82) is 0 Å². The number of hydrogen-bond acceptors (Lipinski definition) is 9. The number of nitrogens with two attached hydrogens (primary N) is 2. The van der Waals surface area contributed by atoms with Gasteiger partial charge < -0.3 is 53.5 Å². The summed E-state index contributed by atoms with van der Waals surface area (Å²) in [6.07, 6.45) is 3.50.